The van der Waals surface area contributed by atoms with Gasteiger partial charge in [0.1, 0.15) is 5.82 Å². The highest BCUT2D eigenvalue weighted by atomic mass is 16.1. The van der Waals surface area contributed by atoms with Crippen molar-refractivity contribution in [2.24, 2.45) is 5.92 Å². The number of hydrogen-bond donors (Lipinski definition) is 2. The molecule has 1 heterocycles. The Morgan fingerprint density at radius 2 is 2.20 bits per heavy atom. The number of nitrogen functional groups attached to an aromatic ring is 1. The molecule has 0 aliphatic rings. The lowest BCUT2D eigenvalue weighted by molar-refractivity contribution is -0.124. The third-order valence-electron chi connectivity index (χ3n) is 2.19. The van der Waals surface area contributed by atoms with Gasteiger partial charge in [0.05, 0.1) is 0 Å². The van der Waals surface area contributed by atoms with Crippen molar-refractivity contribution >= 4 is 11.7 Å². The molecule has 0 fully saturated rings. The molecule has 15 heavy (non-hydrogen) atoms. The van der Waals surface area contributed by atoms with E-state index in [0.717, 1.165) is 11.3 Å². The number of pyridine rings is 1. The monoisotopic (exact) mass is 207 g/mol. The number of amides is 1. The van der Waals surface area contributed by atoms with E-state index in [-0.39, 0.29) is 11.8 Å². The van der Waals surface area contributed by atoms with E-state index in [1.807, 2.05) is 26.8 Å². The van der Waals surface area contributed by atoms with Gasteiger partial charge >= 0.3 is 0 Å². The van der Waals surface area contributed by atoms with Gasteiger partial charge in [0.2, 0.25) is 5.91 Å². The number of carbonyl (C=O) groups is 1. The first-order valence-corrected chi connectivity index (χ1v) is 5.00. The van der Waals surface area contributed by atoms with Gasteiger partial charge in [-0.2, -0.15) is 0 Å². The number of nitrogens with two attached hydrogens (primary N) is 1. The van der Waals surface area contributed by atoms with Gasteiger partial charge in [-0.1, -0.05) is 19.9 Å². The number of anilines is 1. The first kappa shape index (κ1) is 11.5. The zero-order chi connectivity index (χ0) is 11.4. The Morgan fingerprint density at radius 3 is 2.73 bits per heavy atom. The smallest absolute Gasteiger partial charge is 0.222 e. The highest BCUT2D eigenvalue weighted by Gasteiger charge is 2.07. The van der Waals surface area contributed by atoms with Gasteiger partial charge < -0.3 is 11.1 Å². The fraction of sp³-hybridized carbons (Fsp3) is 0.455. The molecule has 1 aromatic rings. The predicted molar refractivity (Wildman–Crippen MR) is 60.1 cm³/mol. The van der Waals surface area contributed by atoms with Crippen molar-refractivity contribution in [2.45, 2.75) is 27.3 Å². The molecule has 0 radical (unpaired) electrons. The Kier molecular flexibility index (Phi) is 3.66. The van der Waals surface area contributed by atoms with Gasteiger partial charge in [0.15, 0.2) is 0 Å². The maximum atomic E-state index is 11.3. The van der Waals surface area contributed by atoms with E-state index in [4.69, 9.17) is 5.73 Å². The molecule has 4 heteroatoms. The number of nitrogens with zero attached hydrogens (tertiary/aromatic N) is 1. The molecule has 0 aliphatic carbocycles. The molecule has 1 aromatic heterocycles. The summed E-state index contributed by atoms with van der Waals surface area (Å²) in [4.78, 5) is 15.5. The minimum atomic E-state index is 0.00652. The normalized spacial score (nSPS) is 10.4. The van der Waals surface area contributed by atoms with Gasteiger partial charge in [-0.05, 0) is 18.6 Å². The standard InChI is InChI=1S/C11H17N3O/c1-7(2)11(15)13-6-9-4-5-10(12)14-8(9)3/h4-5,7H,6H2,1-3H3,(H2,12,14)(H,13,15). The van der Waals surface area contributed by atoms with E-state index in [2.05, 4.69) is 10.3 Å². The molecular weight excluding hydrogens is 190 g/mol. The Hall–Kier alpha value is -1.58. The quantitative estimate of drug-likeness (QED) is 0.783. The first-order valence-electron chi connectivity index (χ1n) is 5.00. The summed E-state index contributed by atoms with van der Waals surface area (Å²) >= 11 is 0. The molecule has 4 nitrogen and oxygen atoms in total. The topological polar surface area (TPSA) is 68.0 Å². The minimum absolute atomic E-state index is 0.00652. The maximum absolute atomic E-state index is 11.3. The Labute approximate surface area is 89.9 Å². The number of carbonyl (C=O) groups excluding carboxylic acids is 1. The molecular formula is C11H17N3O. The van der Waals surface area contributed by atoms with Crippen LogP contribution < -0.4 is 11.1 Å². The van der Waals surface area contributed by atoms with Crippen molar-refractivity contribution < 1.29 is 4.79 Å². The summed E-state index contributed by atoms with van der Waals surface area (Å²) in [5.41, 5.74) is 7.39. The molecule has 3 N–H and O–H groups in total. The fourth-order valence-corrected chi connectivity index (χ4v) is 1.18. The van der Waals surface area contributed by atoms with Gasteiger partial charge in [-0.15, -0.1) is 0 Å². The largest absolute Gasteiger partial charge is 0.384 e. The average Bonchev–Trinajstić information content (AvgIpc) is 2.15. The number of aryl methyl sites for hydroxylation is 1. The molecule has 0 saturated carbocycles. The molecule has 82 valence electrons. The summed E-state index contributed by atoms with van der Waals surface area (Å²) in [5, 5.41) is 2.84. The van der Waals surface area contributed by atoms with Gasteiger partial charge in [0, 0.05) is 18.2 Å². The lowest BCUT2D eigenvalue weighted by Crippen LogP contribution is -2.27. The van der Waals surface area contributed by atoms with E-state index in [1.54, 1.807) is 6.07 Å². The van der Waals surface area contributed by atoms with Crippen LogP contribution in [0.2, 0.25) is 0 Å². The zero-order valence-corrected chi connectivity index (χ0v) is 9.37. The lowest BCUT2D eigenvalue weighted by Gasteiger charge is -2.09. The summed E-state index contributed by atoms with van der Waals surface area (Å²) in [5.74, 6) is 0.560. The van der Waals surface area contributed by atoms with Crippen LogP contribution >= 0.6 is 0 Å². The summed E-state index contributed by atoms with van der Waals surface area (Å²) in [7, 11) is 0. The highest BCUT2D eigenvalue weighted by Crippen LogP contribution is 2.07. The second-order valence-electron chi connectivity index (χ2n) is 3.85. The molecule has 0 atom stereocenters. The Balaban J connectivity index is 2.62. The van der Waals surface area contributed by atoms with Crippen molar-refractivity contribution in [3.8, 4) is 0 Å². The molecule has 0 aromatic carbocycles. The number of rotatable bonds is 3. The SMILES string of the molecule is Cc1nc(N)ccc1CNC(=O)C(C)C. The highest BCUT2D eigenvalue weighted by molar-refractivity contribution is 5.77. The van der Waals surface area contributed by atoms with Crippen molar-refractivity contribution in [3.05, 3.63) is 23.4 Å². The lowest BCUT2D eigenvalue weighted by atomic mass is 10.1. The van der Waals surface area contributed by atoms with Crippen LogP contribution in [0, 0.1) is 12.8 Å². The van der Waals surface area contributed by atoms with Crippen LogP contribution in [0.25, 0.3) is 0 Å². The van der Waals surface area contributed by atoms with E-state index >= 15 is 0 Å². The maximum Gasteiger partial charge on any atom is 0.222 e. The van der Waals surface area contributed by atoms with Crippen LogP contribution in [0.5, 0.6) is 0 Å². The average molecular weight is 207 g/mol. The van der Waals surface area contributed by atoms with Gasteiger partial charge in [-0.25, -0.2) is 4.98 Å². The molecule has 0 aliphatic heterocycles. The summed E-state index contributed by atoms with van der Waals surface area (Å²) in [6.45, 7) is 6.12. The van der Waals surface area contributed by atoms with Crippen molar-refractivity contribution in [2.75, 3.05) is 5.73 Å². The van der Waals surface area contributed by atoms with Crippen LogP contribution in [0.3, 0.4) is 0 Å². The minimum Gasteiger partial charge on any atom is -0.384 e. The van der Waals surface area contributed by atoms with Crippen LogP contribution in [0.1, 0.15) is 25.1 Å². The van der Waals surface area contributed by atoms with Crippen LogP contribution in [0.4, 0.5) is 5.82 Å². The second-order valence-corrected chi connectivity index (χ2v) is 3.85. The second kappa shape index (κ2) is 4.77. The summed E-state index contributed by atoms with van der Waals surface area (Å²) < 4.78 is 0. The van der Waals surface area contributed by atoms with Gasteiger partial charge in [-0.3, -0.25) is 4.79 Å². The fourth-order valence-electron chi connectivity index (χ4n) is 1.18. The summed E-state index contributed by atoms with van der Waals surface area (Å²) in [6, 6.07) is 3.63. The number of hydrogen-bond acceptors (Lipinski definition) is 3. The van der Waals surface area contributed by atoms with E-state index in [9.17, 15) is 4.79 Å². The van der Waals surface area contributed by atoms with E-state index < -0.39 is 0 Å². The molecule has 1 rings (SSSR count). The van der Waals surface area contributed by atoms with Gasteiger partial charge in [0.25, 0.3) is 0 Å². The zero-order valence-electron chi connectivity index (χ0n) is 9.37. The summed E-state index contributed by atoms with van der Waals surface area (Å²) in [6.07, 6.45) is 0. The molecule has 0 saturated heterocycles. The Morgan fingerprint density at radius 1 is 1.53 bits per heavy atom. The van der Waals surface area contributed by atoms with Crippen LogP contribution in [-0.2, 0) is 11.3 Å². The third kappa shape index (κ3) is 3.23. The molecule has 0 bridgehead atoms. The van der Waals surface area contributed by atoms with Crippen LogP contribution in [-0.4, -0.2) is 10.9 Å². The number of aromatic nitrogens is 1. The first-order chi connectivity index (χ1) is 7.00. The number of nitrogens with one attached hydrogen (secondary N) is 1. The van der Waals surface area contributed by atoms with Crippen molar-refractivity contribution in [1.82, 2.24) is 10.3 Å². The van der Waals surface area contributed by atoms with Crippen LogP contribution in [0.15, 0.2) is 12.1 Å². The molecule has 0 spiro atoms. The predicted octanol–water partition coefficient (Wildman–Crippen LogP) is 1.24. The Bertz CT molecular complexity index is 361. The van der Waals surface area contributed by atoms with Crippen molar-refractivity contribution in [3.63, 3.8) is 0 Å². The molecule has 1 amide bonds. The van der Waals surface area contributed by atoms with E-state index in [1.165, 1.54) is 0 Å². The van der Waals surface area contributed by atoms with E-state index in [0.29, 0.717) is 12.4 Å². The molecule has 0 unspecified atom stereocenters. The third-order valence-corrected chi connectivity index (χ3v) is 2.19. The van der Waals surface area contributed by atoms with Crippen molar-refractivity contribution in [1.29, 1.82) is 0 Å².